The lowest BCUT2D eigenvalue weighted by Gasteiger charge is -2.35. The predicted molar refractivity (Wildman–Crippen MR) is 86.7 cm³/mol. The van der Waals surface area contributed by atoms with Crippen molar-refractivity contribution in [2.45, 2.75) is 39.7 Å². The maximum absolute atomic E-state index is 12.1. The first-order chi connectivity index (χ1) is 10.3. The van der Waals surface area contributed by atoms with Crippen LogP contribution in [0.3, 0.4) is 0 Å². The van der Waals surface area contributed by atoms with Crippen molar-refractivity contribution in [3.8, 4) is 0 Å². The first-order valence-corrected chi connectivity index (χ1v) is 8.38. The summed E-state index contributed by atoms with van der Waals surface area (Å²) < 4.78 is 0. The number of amides is 3. The number of piperazine rings is 1. The number of nitrogens with zero attached hydrogens (tertiary/aromatic N) is 3. The summed E-state index contributed by atoms with van der Waals surface area (Å²) in [6.45, 7) is 15.1. The second-order valence-electron chi connectivity index (χ2n) is 7.40. The van der Waals surface area contributed by atoms with Crippen LogP contribution in [0.25, 0.3) is 0 Å². The van der Waals surface area contributed by atoms with Crippen LogP contribution >= 0.6 is 0 Å². The van der Waals surface area contributed by atoms with E-state index in [2.05, 4.69) is 29.0 Å². The van der Waals surface area contributed by atoms with E-state index in [4.69, 9.17) is 0 Å². The summed E-state index contributed by atoms with van der Waals surface area (Å²) in [5.41, 5.74) is -0.750. The van der Waals surface area contributed by atoms with Gasteiger partial charge in [0.2, 0.25) is 0 Å². The molecule has 0 aromatic carbocycles. The van der Waals surface area contributed by atoms with Crippen LogP contribution in [-0.4, -0.2) is 78.0 Å². The van der Waals surface area contributed by atoms with Crippen molar-refractivity contribution >= 4 is 11.9 Å². The second kappa shape index (κ2) is 6.96. The Hall–Kier alpha value is -1.14. The molecule has 22 heavy (non-hydrogen) atoms. The molecule has 0 unspecified atom stereocenters. The summed E-state index contributed by atoms with van der Waals surface area (Å²) in [5, 5.41) is 2.72. The normalized spacial score (nSPS) is 23.4. The van der Waals surface area contributed by atoms with E-state index >= 15 is 0 Å². The van der Waals surface area contributed by atoms with Crippen molar-refractivity contribution < 1.29 is 9.59 Å². The SMILES string of the molecule is CC(C)CN1CCN(CCCN2C(=O)NC(C)(C)C2=O)CC1. The molecule has 2 aliphatic rings. The molecular weight excluding hydrogens is 280 g/mol. The minimum Gasteiger partial charge on any atom is -0.324 e. The third-order valence-corrected chi connectivity index (χ3v) is 4.39. The lowest BCUT2D eigenvalue weighted by Crippen LogP contribution is -2.48. The summed E-state index contributed by atoms with van der Waals surface area (Å²) in [5.74, 6) is 0.605. The van der Waals surface area contributed by atoms with Gasteiger partial charge in [-0.3, -0.25) is 9.69 Å². The summed E-state index contributed by atoms with van der Waals surface area (Å²) in [6.07, 6.45) is 0.847. The molecule has 6 nitrogen and oxygen atoms in total. The number of hydrogen-bond acceptors (Lipinski definition) is 4. The third kappa shape index (κ3) is 4.20. The van der Waals surface area contributed by atoms with E-state index in [9.17, 15) is 9.59 Å². The van der Waals surface area contributed by atoms with E-state index in [0.29, 0.717) is 6.54 Å². The van der Waals surface area contributed by atoms with E-state index in [1.807, 2.05) is 0 Å². The van der Waals surface area contributed by atoms with Crippen LogP contribution in [-0.2, 0) is 4.79 Å². The summed E-state index contributed by atoms with van der Waals surface area (Å²) in [4.78, 5) is 30.2. The van der Waals surface area contributed by atoms with E-state index in [1.54, 1.807) is 13.8 Å². The average molecular weight is 310 g/mol. The summed E-state index contributed by atoms with van der Waals surface area (Å²) >= 11 is 0. The number of nitrogens with one attached hydrogen (secondary N) is 1. The van der Waals surface area contributed by atoms with Crippen LogP contribution in [0.15, 0.2) is 0 Å². The quantitative estimate of drug-likeness (QED) is 0.743. The molecule has 0 atom stereocenters. The van der Waals surface area contributed by atoms with Gasteiger partial charge < -0.3 is 15.1 Å². The highest BCUT2D eigenvalue weighted by atomic mass is 16.2. The average Bonchev–Trinajstić information content (AvgIpc) is 2.62. The third-order valence-electron chi connectivity index (χ3n) is 4.39. The fourth-order valence-corrected chi connectivity index (χ4v) is 3.19. The highest BCUT2D eigenvalue weighted by molar-refractivity contribution is 6.06. The van der Waals surface area contributed by atoms with Crippen LogP contribution < -0.4 is 5.32 Å². The van der Waals surface area contributed by atoms with Crippen LogP contribution in [0, 0.1) is 5.92 Å². The molecule has 0 bridgehead atoms. The van der Waals surface area contributed by atoms with E-state index in [1.165, 1.54) is 11.4 Å². The smallest absolute Gasteiger partial charge is 0.324 e. The number of carbonyl (C=O) groups is 2. The Morgan fingerprint density at radius 2 is 1.64 bits per heavy atom. The molecule has 2 saturated heterocycles. The molecule has 2 rings (SSSR count). The maximum Gasteiger partial charge on any atom is 0.325 e. The number of rotatable bonds is 6. The van der Waals surface area contributed by atoms with Crippen LogP contribution in [0.5, 0.6) is 0 Å². The fourth-order valence-electron chi connectivity index (χ4n) is 3.19. The van der Waals surface area contributed by atoms with Crippen molar-refractivity contribution in [2.24, 2.45) is 5.92 Å². The lowest BCUT2D eigenvalue weighted by molar-refractivity contribution is -0.130. The highest BCUT2D eigenvalue weighted by Crippen LogP contribution is 2.16. The molecule has 2 fully saturated rings. The van der Waals surface area contributed by atoms with Gasteiger partial charge in [0.1, 0.15) is 5.54 Å². The van der Waals surface area contributed by atoms with E-state index < -0.39 is 5.54 Å². The molecule has 0 aromatic rings. The van der Waals surface area contributed by atoms with Crippen molar-refractivity contribution in [3.05, 3.63) is 0 Å². The molecular formula is C16H30N4O2. The Morgan fingerprint density at radius 1 is 1.05 bits per heavy atom. The molecule has 0 aromatic heterocycles. The van der Waals surface area contributed by atoms with Crippen LogP contribution in [0.2, 0.25) is 0 Å². The minimum atomic E-state index is -0.750. The van der Waals surface area contributed by atoms with Gasteiger partial charge in [-0.2, -0.15) is 0 Å². The fraction of sp³-hybridized carbons (Fsp3) is 0.875. The standard InChI is InChI=1S/C16H30N4O2/c1-13(2)12-19-10-8-18(9-11-19)6-5-7-20-14(21)16(3,4)17-15(20)22/h13H,5-12H2,1-4H3,(H,17,22). The highest BCUT2D eigenvalue weighted by Gasteiger charge is 2.43. The molecule has 126 valence electrons. The van der Waals surface area contributed by atoms with Crippen LogP contribution in [0.4, 0.5) is 4.79 Å². The van der Waals surface area contributed by atoms with E-state index in [0.717, 1.165) is 45.1 Å². The van der Waals surface area contributed by atoms with Gasteiger partial charge in [0.15, 0.2) is 0 Å². The monoisotopic (exact) mass is 310 g/mol. The van der Waals surface area contributed by atoms with Gasteiger partial charge in [-0.1, -0.05) is 13.8 Å². The molecule has 0 spiro atoms. The molecule has 0 saturated carbocycles. The Morgan fingerprint density at radius 3 is 2.14 bits per heavy atom. The van der Waals surface area contributed by atoms with Gasteiger partial charge in [0.05, 0.1) is 0 Å². The lowest BCUT2D eigenvalue weighted by atomic mass is 10.1. The maximum atomic E-state index is 12.1. The number of imide groups is 1. The number of urea groups is 1. The van der Waals surface area contributed by atoms with Gasteiger partial charge in [0, 0.05) is 39.3 Å². The molecule has 6 heteroatoms. The Labute approximate surface area is 133 Å². The van der Waals surface area contributed by atoms with Crippen molar-refractivity contribution in [2.75, 3.05) is 45.8 Å². The molecule has 0 aliphatic carbocycles. The Kier molecular flexibility index (Phi) is 5.45. The van der Waals surface area contributed by atoms with Gasteiger partial charge in [-0.05, 0) is 32.7 Å². The summed E-state index contributed by atoms with van der Waals surface area (Å²) in [6, 6.07) is -0.253. The Bertz CT molecular complexity index is 414. The minimum absolute atomic E-state index is 0.112. The molecule has 2 heterocycles. The molecule has 0 radical (unpaired) electrons. The van der Waals surface area contributed by atoms with Gasteiger partial charge in [0.25, 0.3) is 5.91 Å². The largest absolute Gasteiger partial charge is 0.325 e. The molecule has 2 aliphatic heterocycles. The first-order valence-electron chi connectivity index (χ1n) is 8.38. The predicted octanol–water partition coefficient (Wildman–Crippen LogP) is 0.981. The summed E-state index contributed by atoms with van der Waals surface area (Å²) in [7, 11) is 0. The van der Waals surface area contributed by atoms with Crippen molar-refractivity contribution in [3.63, 3.8) is 0 Å². The number of carbonyl (C=O) groups excluding carboxylic acids is 2. The van der Waals surface area contributed by atoms with Gasteiger partial charge in [-0.25, -0.2) is 4.79 Å². The van der Waals surface area contributed by atoms with E-state index in [-0.39, 0.29) is 11.9 Å². The molecule has 1 N–H and O–H groups in total. The van der Waals surface area contributed by atoms with Crippen molar-refractivity contribution in [1.29, 1.82) is 0 Å². The number of hydrogen-bond donors (Lipinski definition) is 1. The van der Waals surface area contributed by atoms with Gasteiger partial charge >= 0.3 is 6.03 Å². The van der Waals surface area contributed by atoms with Gasteiger partial charge in [-0.15, -0.1) is 0 Å². The first kappa shape index (κ1) is 17.2. The molecule has 3 amide bonds. The zero-order chi connectivity index (χ0) is 16.3. The topological polar surface area (TPSA) is 55.9 Å². The Balaban J connectivity index is 1.68. The second-order valence-corrected chi connectivity index (χ2v) is 7.40. The zero-order valence-electron chi connectivity index (χ0n) is 14.4. The van der Waals surface area contributed by atoms with Crippen LogP contribution in [0.1, 0.15) is 34.1 Å². The van der Waals surface area contributed by atoms with Crippen molar-refractivity contribution in [1.82, 2.24) is 20.0 Å². The zero-order valence-corrected chi connectivity index (χ0v) is 14.4.